The first-order valence-electron chi connectivity index (χ1n) is 8.66. The molecule has 0 aromatic heterocycles. The minimum atomic E-state index is -0.0840. The summed E-state index contributed by atoms with van der Waals surface area (Å²) in [5.41, 5.74) is 3.62. The molecule has 2 aromatic rings. The van der Waals surface area contributed by atoms with Crippen LogP contribution in [-0.4, -0.2) is 54.7 Å². The molecule has 1 saturated heterocycles. The second-order valence-electron chi connectivity index (χ2n) is 6.79. The molecule has 4 nitrogen and oxygen atoms in total. The van der Waals surface area contributed by atoms with Crippen LogP contribution >= 0.6 is 0 Å². The summed E-state index contributed by atoms with van der Waals surface area (Å²) in [6, 6.07) is 13.0. The molecule has 1 amide bonds. The summed E-state index contributed by atoms with van der Waals surface area (Å²) < 4.78 is 0. The van der Waals surface area contributed by atoms with Crippen molar-refractivity contribution in [3.63, 3.8) is 0 Å². The summed E-state index contributed by atoms with van der Waals surface area (Å²) >= 11 is 0. The second kappa shape index (κ2) is 7.19. The molecule has 1 aliphatic heterocycles. The van der Waals surface area contributed by atoms with Crippen LogP contribution in [0.25, 0.3) is 0 Å². The molecule has 3 rings (SSSR count). The lowest BCUT2D eigenvalue weighted by Crippen LogP contribution is -2.47. The Morgan fingerprint density at radius 1 is 0.840 bits per heavy atom. The maximum absolute atomic E-state index is 13.1. The third kappa shape index (κ3) is 3.64. The molecule has 0 bridgehead atoms. The van der Waals surface area contributed by atoms with E-state index in [-0.39, 0.29) is 11.7 Å². The minimum absolute atomic E-state index is 0.0534. The Kier molecular flexibility index (Phi) is 5.00. The lowest BCUT2D eigenvalue weighted by atomic mass is 9.94. The van der Waals surface area contributed by atoms with E-state index in [0.29, 0.717) is 29.8 Å². The maximum Gasteiger partial charge on any atom is 0.254 e. The molecule has 25 heavy (non-hydrogen) atoms. The molecule has 1 heterocycles. The van der Waals surface area contributed by atoms with Gasteiger partial charge in [-0.2, -0.15) is 0 Å². The van der Waals surface area contributed by atoms with Gasteiger partial charge in [-0.25, -0.2) is 0 Å². The van der Waals surface area contributed by atoms with E-state index in [2.05, 4.69) is 11.9 Å². The van der Waals surface area contributed by atoms with Crippen LogP contribution in [0.5, 0.6) is 0 Å². The average molecular weight is 336 g/mol. The first kappa shape index (κ1) is 17.4. The lowest BCUT2D eigenvalue weighted by Gasteiger charge is -2.32. The van der Waals surface area contributed by atoms with Crippen molar-refractivity contribution in [1.29, 1.82) is 0 Å². The van der Waals surface area contributed by atoms with Gasteiger partial charge in [-0.1, -0.05) is 35.9 Å². The molecule has 0 atom stereocenters. The minimum Gasteiger partial charge on any atom is -0.336 e. The SMILES string of the molecule is Cc1ccc(C)c(C(=O)c2ccccc2C(=O)N2CCN(C)CC2)c1. The van der Waals surface area contributed by atoms with Crippen molar-refractivity contribution >= 4 is 11.7 Å². The van der Waals surface area contributed by atoms with Crippen molar-refractivity contribution in [3.8, 4) is 0 Å². The van der Waals surface area contributed by atoms with E-state index < -0.39 is 0 Å². The Bertz CT molecular complexity index is 805. The largest absolute Gasteiger partial charge is 0.336 e. The number of nitrogens with zero attached hydrogens (tertiary/aromatic N) is 2. The van der Waals surface area contributed by atoms with E-state index in [1.165, 1.54) is 0 Å². The summed E-state index contributed by atoms with van der Waals surface area (Å²) in [6.45, 7) is 7.01. The topological polar surface area (TPSA) is 40.6 Å². The van der Waals surface area contributed by atoms with Gasteiger partial charge >= 0.3 is 0 Å². The number of carbonyl (C=O) groups is 2. The molecule has 2 aromatic carbocycles. The zero-order chi connectivity index (χ0) is 18.0. The number of rotatable bonds is 3. The number of ketones is 1. The summed E-state index contributed by atoms with van der Waals surface area (Å²) in [7, 11) is 2.06. The molecule has 0 saturated carbocycles. The first-order chi connectivity index (χ1) is 12.0. The smallest absolute Gasteiger partial charge is 0.254 e. The Hall–Kier alpha value is -2.46. The first-order valence-corrected chi connectivity index (χ1v) is 8.66. The highest BCUT2D eigenvalue weighted by atomic mass is 16.2. The Balaban J connectivity index is 1.94. The van der Waals surface area contributed by atoms with Gasteiger partial charge in [0.2, 0.25) is 0 Å². The van der Waals surface area contributed by atoms with Gasteiger partial charge in [-0.3, -0.25) is 9.59 Å². The maximum atomic E-state index is 13.1. The Morgan fingerprint density at radius 3 is 2.16 bits per heavy atom. The summed E-state index contributed by atoms with van der Waals surface area (Å²) in [5, 5.41) is 0. The van der Waals surface area contributed by atoms with Crippen LogP contribution in [0, 0.1) is 13.8 Å². The molecule has 130 valence electrons. The number of aryl methyl sites for hydroxylation is 2. The fourth-order valence-corrected chi connectivity index (χ4v) is 3.17. The van der Waals surface area contributed by atoms with Gasteiger partial charge in [-0.15, -0.1) is 0 Å². The number of amides is 1. The molecule has 4 heteroatoms. The van der Waals surface area contributed by atoms with Gasteiger partial charge in [0.05, 0.1) is 5.56 Å². The Labute approximate surface area is 149 Å². The van der Waals surface area contributed by atoms with Gasteiger partial charge in [0.1, 0.15) is 0 Å². The van der Waals surface area contributed by atoms with Crippen LogP contribution in [0.2, 0.25) is 0 Å². The van der Waals surface area contributed by atoms with Gasteiger partial charge in [0.15, 0.2) is 5.78 Å². The van der Waals surface area contributed by atoms with Gasteiger partial charge < -0.3 is 9.80 Å². The normalized spacial score (nSPS) is 15.2. The fourth-order valence-electron chi connectivity index (χ4n) is 3.17. The molecule has 0 unspecified atom stereocenters. The third-order valence-corrected chi connectivity index (χ3v) is 4.83. The Morgan fingerprint density at radius 2 is 1.48 bits per heavy atom. The second-order valence-corrected chi connectivity index (χ2v) is 6.79. The summed E-state index contributed by atoms with van der Waals surface area (Å²) in [5.74, 6) is -0.137. The van der Waals surface area contributed by atoms with E-state index >= 15 is 0 Å². The molecule has 0 aliphatic carbocycles. The summed E-state index contributed by atoms with van der Waals surface area (Å²) in [4.78, 5) is 30.1. The molecule has 1 fully saturated rings. The zero-order valence-corrected chi connectivity index (χ0v) is 15.1. The highest BCUT2D eigenvalue weighted by Gasteiger charge is 2.25. The molecular weight excluding hydrogens is 312 g/mol. The van der Waals surface area contributed by atoms with E-state index in [1.807, 2.05) is 49.1 Å². The van der Waals surface area contributed by atoms with Gasteiger partial charge in [0, 0.05) is 37.3 Å². The molecule has 0 spiro atoms. The van der Waals surface area contributed by atoms with Gasteiger partial charge in [-0.05, 0) is 38.6 Å². The van der Waals surface area contributed by atoms with E-state index in [1.54, 1.807) is 12.1 Å². The fraction of sp³-hybridized carbons (Fsp3) is 0.333. The molecule has 0 radical (unpaired) electrons. The molecule has 0 N–H and O–H groups in total. The van der Waals surface area contributed by atoms with Crippen molar-refractivity contribution in [3.05, 3.63) is 70.3 Å². The van der Waals surface area contributed by atoms with Crippen LogP contribution in [0.3, 0.4) is 0 Å². The predicted molar refractivity (Wildman–Crippen MR) is 99.2 cm³/mol. The van der Waals surface area contributed by atoms with Crippen LogP contribution < -0.4 is 0 Å². The van der Waals surface area contributed by atoms with E-state index in [4.69, 9.17) is 0 Å². The van der Waals surface area contributed by atoms with Crippen LogP contribution in [0.1, 0.15) is 37.4 Å². The van der Waals surface area contributed by atoms with Gasteiger partial charge in [0.25, 0.3) is 5.91 Å². The van der Waals surface area contributed by atoms with Crippen molar-refractivity contribution < 1.29 is 9.59 Å². The lowest BCUT2D eigenvalue weighted by molar-refractivity contribution is 0.0661. The van der Waals surface area contributed by atoms with Crippen LogP contribution in [0.15, 0.2) is 42.5 Å². The van der Waals surface area contributed by atoms with Crippen LogP contribution in [0.4, 0.5) is 0 Å². The highest BCUT2D eigenvalue weighted by Crippen LogP contribution is 2.20. The zero-order valence-electron chi connectivity index (χ0n) is 15.1. The van der Waals surface area contributed by atoms with Crippen molar-refractivity contribution in [2.24, 2.45) is 0 Å². The number of benzene rings is 2. The predicted octanol–water partition coefficient (Wildman–Crippen LogP) is 2.92. The molecule has 1 aliphatic rings. The quantitative estimate of drug-likeness (QED) is 0.809. The number of carbonyl (C=O) groups excluding carboxylic acids is 2. The van der Waals surface area contributed by atoms with E-state index in [9.17, 15) is 9.59 Å². The van der Waals surface area contributed by atoms with E-state index in [0.717, 1.165) is 24.2 Å². The number of hydrogen-bond donors (Lipinski definition) is 0. The average Bonchev–Trinajstić information content (AvgIpc) is 2.63. The number of piperazine rings is 1. The third-order valence-electron chi connectivity index (χ3n) is 4.83. The summed E-state index contributed by atoms with van der Waals surface area (Å²) in [6.07, 6.45) is 0. The van der Waals surface area contributed by atoms with Crippen molar-refractivity contribution in [2.75, 3.05) is 33.2 Å². The molecular formula is C21H24N2O2. The van der Waals surface area contributed by atoms with Crippen molar-refractivity contribution in [1.82, 2.24) is 9.80 Å². The number of likely N-dealkylation sites (N-methyl/N-ethyl adjacent to an activating group) is 1. The highest BCUT2D eigenvalue weighted by molar-refractivity contribution is 6.16. The van der Waals surface area contributed by atoms with Crippen molar-refractivity contribution in [2.45, 2.75) is 13.8 Å². The number of hydrogen-bond acceptors (Lipinski definition) is 3. The standard InChI is InChI=1S/C21H24N2O2/c1-15-8-9-16(2)19(14-15)20(24)17-6-4-5-7-18(17)21(25)23-12-10-22(3)11-13-23/h4-9,14H,10-13H2,1-3H3. The van der Waals surface area contributed by atoms with Crippen LogP contribution in [-0.2, 0) is 0 Å². The monoisotopic (exact) mass is 336 g/mol.